The molecule has 3 heterocycles. The lowest BCUT2D eigenvalue weighted by Crippen LogP contribution is -2.60. The molecule has 1 saturated heterocycles. The van der Waals surface area contributed by atoms with Crippen LogP contribution in [0.15, 0.2) is 78.3 Å². The van der Waals surface area contributed by atoms with Gasteiger partial charge in [-0.05, 0) is 62.1 Å². The summed E-state index contributed by atoms with van der Waals surface area (Å²) in [7, 11) is 0. The van der Waals surface area contributed by atoms with Crippen LogP contribution in [0.2, 0.25) is 0 Å². The van der Waals surface area contributed by atoms with Gasteiger partial charge in [-0.2, -0.15) is 0 Å². The molecule has 1 aliphatic heterocycles. The first kappa shape index (κ1) is 57.6. The van der Waals surface area contributed by atoms with E-state index in [1.165, 1.54) is 19.4 Å². The van der Waals surface area contributed by atoms with Crippen molar-refractivity contribution in [2.75, 3.05) is 13.1 Å². The number of nitrogens with one attached hydrogen (secondary N) is 10. The number of primary amides is 1. The predicted octanol–water partition coefficient (Wildman–Crippen LogP) is -0.858. The van der Waals surface area contributed by atoms with Crippen molar-refractivity contribution in [3.05, 3.63) is 90.1 Å². The molecule has 24 heteroatoms. The summed E-state index contributed by atoms with van der Waals surface area (Å²) in [5.74, 6) is -6.62. The van der Waals surface area contributed by atoms with E-state index in [0.717, 1.165) is 10.9 Å². The van der Waals surface area contributed by atoms with Crippen LogP contribution in [0.5, 0.6) is 0 Å². The summed E-state index contributed by atoms with van der Waals surface area (Å²) >= 11 is 0. The van der Waals surface area contributed by atoms with Gasteiger partial charge in [-0.3, -0.25) is 48.1 Å². The summed E-state index contributed by atoms with van der Waals surface area (Å²) in [5.41, 5.74) is 19.6. The fourth-order valence-electron chi connectivity index (χ4n) is 8.56. The summed E-state index contributed by atoms with van der Waals surface area (Å²) in [6.45, 7) is 3.36. The molecule has 5 rings (SSSR count). The number of guanidine groups is 1. The van der Waals surface area contributed by atoms with E-state index in [-0.39, 0.29) is 83.3 Å². The topological polar surface area (TPSA) is 385 Å². The number of carbonyl (C=O) groups is 9. The number of aromatic nitrogens is 3. The number of aliphatic imine (C=N–C) groups is 1. The fraction of sp³-hybridized carbons (Fsp3) is 0.471. The maximum absolute atomic E-state index is 14.6. The van der Waals surface area contributed by atoms with Gasteiger partial charge >= 0.3 is 0 Å². The molecule has 0 bridgehead atoms. The van der Waals surface area contributed by atoms with Gasteiger partial charge in [-0.1, -0.05) is 68.3 Å². The normalized spacial score (nSPS) is 20.3. The van der Waals surface area contributed by atoms with Crippen LogP contribution in [0.3, 0.4) is 0 Å². The Bertz CT molecular complexity index is 2600. The average Bonchev–Trinajstić information content (AvgIpc) is 4.06. The van der Waals surface area contributed by atoms with Gasteiger partial charge in [0.05, 0.1) is 6.33 Å². The zero-order chi connectivity index (χ0) is 54.3. The van der Waals surface area contributed by atoms with Crippen LogP contribution in [0.25, 0.3) is 10.9 Å². The average molecular weight is 1040 g/mol. The number of amides is 9. The molecule has 2 aromatic carbocycles. The molecule has 1 fully saturated rings. The number of nitrogens with two attached hydrogens (primary N) is 3. The SMILES string of the molecule is CCCC[C@H](NC(C)=O)C(=O)NC1CCC(=O)NCCCCC(C(=O)N[C@@H](Cc2c[nH]c3ccccc23)C(N)=O)NC(=O)[C@H](CCCN=C(N)N)NC(=O)C(Cc2ccccc2)NC(=O)[C@H](Cc2cnc[nH]2)NC1=O. The first-order valence-electron chi connectivity index (χ1n) is 25.3. The molecule has 0 spiro atoms. The Morgan fingerprint density at radius 2 is 1.47 bits per heavy atom. The van der Waals surface area contributed by atoms with Crippen LogP contribution in [-0.2, 0) is 62.4 Å². The molecule has 0 aliphatic carbocycles. The van der Waals surface area contributed by atoms with Crippen molar-refractivity contribution in [2.24, 2.45) is 22.2 Å². The van der Waals surface area contributed by atoms with Crippen LogP contribution >= 0.6 is 0 Å². The number of para-hydroxylation sites is 1. The van der Waals surface area contributed by atoms with Gasteiger partial charge in [-0.15, -0.1) is 0 Å². The largest absolute Gasteiger partial charge is 0.370 e. The second kappa shape index (κ2) is 29.4. The summed E-state index contributed by atoms with van der Waals surface area (Å²) < 4.78 is 0. The highest BCUT2D eigenvalue weighted by molar-refractivity contribution is 5.98. The fourth-order valence-corrected chi connectivity index (χ4v) is 8.56. The number of fused-ring (bicyclic) bond motifs is 1. The third-order valence-electron chi connectivity index (χ3n) is 12.6. The number of carbonyl (C=O) groups excluding carboxylic acids is 9. The van der Waals surface area contributed by atoms with E-state index in [0.29, 0.717) is 36.1 Å². The number of nitrogens with zero attached hydrogens (tertiary/aromatic N) is 2. The van der Waals surface area contributed by atoms with Crippen LogP contribution in [0.1, 0.15) is 94.9 Å². The van der Waals surface area contributed by atoms with Crippen molar-refractivity contribution in [3.8, 4) is 0 Å². The maximum Gasteiger partial charge on any atom is 0.243 e. The van der Waals surface area contributed by atoms with Gasteiger partial charge in [0.15, 0.2) is 5.96 Å². The van der Waals surface area contributed by atoms with Gasteiger partial charge in [0.1, 0.15) is 42.3 Å². The number of benzene rings is 2. The van der Waals surface area contributed by atoms with Crippen LogP contribution in [0, 0.1) is 0 Å². The smallest absolute Gasteiger partial charge is 0.243 e. The molecular weight excluding hydrogens is 967 g/mol. The maximum atomic E-state index is 14.6. The Hall–Kier alpha value is -8.31. The zero-order valence-corrected chi connectivity index (χ0v) is 42.4. The van der Waals surface area contributed by atoms with Crippen molar-refractivity contribution in [1.82, 2.24) is 57.5 Å². The van der Waals surface area contributed by atoms with Crippen molar-refractivity contribution >= 4 is 70.0 Å². The standard InChI is InChI=1S/C51H71N15O9/c1-3-4-16-36(60-30(2)67)45(70)63-39-20-21-43(68)56-22-11-10-18-37(47(72)64-40(44(52)69)25-32-27-58-35-17-9-8-15-34(32)35)61-46(71)38(19-12-23-57-51(53)54)62-49(74)41(24-31-13-6-5-7-14-31)65-50(75)42(66-48(39)73)26-33-28-55-29-59-33/h5-9,13-15,17,27-29,36-42,58H,3-4,10-12,16,18-26H2,1-2H3,(H2,52,69)(H,55,59)(H,56,68)(H,60,67)(H,61,71)(H,62,74)(H,63,70)(H,64,72)(H,65,75)(H,66,73)(H4,53,54,57)/t36-,37?,38-,39?,40-,41?,42-/m0/s1. The van der Waals surface area contributed by atoms with Gasteiger partial charge < -0.3 is 69.7 Å². The summed E-state index contributed by atoms with van der Waals surface area (Å²) in [6, 6.07) is 7.15. The minimum Gasteiger partial charge on any atom is -0.370 e. The number of hydrogen-bond donors (Lipinski definition) is 13. The van der Waals surface area contributed by atoms with E-state index in [9.17, 15) is 43.2 Å². The van der Waals surface area contributed by atoms with Gasteiger partial charge in [0.2, 0.25) is 53.2 Å². The van der Waals surface area contributed by atoms with Crippen LogP contribution < -0.4 is 59.7 Å². The molecule has 16 N–H and O–H groups in total. The van der Waals surface area contributed by atoms with Crippen molar-refractivity contribution in [1.29, 1.82) is 0 Å². The Labute approximate surface area is 434 Å². The Kier molecular flexibility index (Phi) is 22.6. The van der Waals surface area contributed by atoms with E-state index in [1.54, 1.807) is 36.5 Å². The molecule has 24 nitrogen and oxygen atoms in total. The molecule has 3 unspecified atom stereocenters. The van der Waals surface area contributed by atoms with Crippen LogP contribution in [-0.4, -0.2) is 129 Å². The molecular formula is C51H71N15O9. The predicted molar refractivity (Wildman–Crippen MR) is 278 cm³/mol. The molecule has 4 aromatic rings. The number of rotatable bonds is 19. The number of aromatic amines is 2. The molecule has 404 valence electrons. The summed E-state index contributed by atoms with van der Waals surface area (Å²) in [5, 5.41) is 22.7. The highest BCUT2D eigenvalue weighted by atomic mass is 16.2. The molecule has 9 amide bonds. The van der Waals surface area contributed by atoms with Gasteiger partial charge in [0, 0.05) is 74.7 Å². The Morgan fingerprint density at radius 3 is 2.16 bits per heavy atom. The minimum atomic E-state index is -1.41. The van der Waals surface area contributed by atoms with Gasteiger partial charge in [-0.25, -0.2) is 4.98 Å². The van der Waals surface area contributed by atoms with Crippen molar-refractivity contribution in [3.63, 3.8) is 0 Å². The second-order valence-corrected chi connectivity index (χ2v) is 18.5. The number of H-pyrrole nitrogens is 2. The molecule has 0 radical (unpaired) electrons. The van der Waals surface area contributed by atoms with Gasteiger partial charge in [0.25, 0.3) is 0 Å². The molecule has 2 aromatic heterocycles. The third kappa shape index (κ3) is 18.9. The van der Waals surface area contributed by atoms with Crippen molar-refractivity contribution in [2.45, 2.75) is 140 Å². The summed E-state index contributed by atoms with van der Waals surface area (Å²) in [6.07, 6.45) is 6.10. The monoisotopic (exact) mass is 1040 g/mol. The molecule has 75 heavy (non-hydrogen) atoms. The summed E-state index contributed by atoms with van der Waals surface area (Å²) in [4.78, 5) is 139. The lowest BCUT2D eigenvalue weighted by Gasteiger charge is -2.28. The van der Waals surface area contributed by atoms with E-state index >= 15 is 0 Å². The zero-order valence-electron chi connectivity index (χ0n) is 42.4. The number of imidazole rings is 1. The number of hydrogen-bond acceptors (Lipinski definition) is 11. The lowest BCUT2D eigenvalue weighted by molar-refractivity contribution is -0.136. The first-order chi connectivity index (χ1) is 36.0. The van der Waals surface area contributed by atoms with E-state index in [1.807, 2.05) is 31.2 Å². The van der Waals surface area contributed by atoms with Crippen LogP contribution in [0.4, 0.5) is 0 Å². The molecule has 0 saturated carbocycles. The van der Waals surface area contributed by atoms with E-state index in [4.69, 9.17) is 17.2 Å². The number of unbranched alkanes of at least 4 members (excludes halogenated alkanes) is 1. The lowest BCUT2D eigenvalue weighted by atomic mass is 10.0. The van der Waals surface area contributed by atoms with E-state index < -0.39 is 95.5 Å². The highest BCUT2D eigenvalue weighted by Gasteiger charge is 2.35. The van der Waals surface area contributed by atoms with Crippen molar-refractivity contribution < 1.29 is 43.2 Å². The molecule has 1 aliphatic rings. The Balaban J connectivity index is 1.50. The quantitative estimate of drug-likeness (QED) is 0.0310. The minimum absolute atomic E-state index is 0.00681. The molecule has 7 atom stereocenters. The second-order valence-electron chi connectivity index (χ2n) is 18.5. The van der Waals surface area contributed by atoms with E-state index in [2.05, 4.69) is 62.5 Å². The highest BCUT2D eigenvalue weighted by Crippen LogP contribution is 2.20. The first-order valence-corrected chi connectivity index (χ1v) is 25.3. The third-order valence-corrected chi connectivity index (χ3v) is 12.6. The Morgan fingerprint density at radius 1 is 0.773 bits per heavy atom.